The highest BCUT2D eigenvalue weighted by molar-refractivity contribution is 6.32. The van der Waals surface area contributed by atoms with Crippen LogP contribution in [0.3, 0.4) is 0 Å². The molecule has 1 rings (SSSR count). The van der Waals surface area contributed by atoms with Crippen molar-refractivity contribution in [2.75, 3.05) is 7.11 Å². The smallest absolute Gasteiger partial charge is 0.434 e. The largest absolute Gasteiger partial charge is 0.479 e. The van der Waals surface area contributed by atoms with Crippen molar-refractivity contribution in [3.05, 3.63) is 10.7 Å². The Morgan fingerprint density at radius 3 is 2.33 bits per heavy atom. The molecule has 1 aromatic heterocycles. The Morgan fingerprint density at radius 1 is 1.50 bits per heavy atom. The van der Waals surface area contributed by atoms with Gasteiger partial charge in [-0.3, -0.25) is 5.10 Å². The zero-order valence-electron chi connectivity index (χ0n) is 5.87. The second kappa shape index (κ2) is 2.85. The van der Waals surface area contributed by atoms with Crippen LogP contribution in [0.4, 0.5) is 13.2 Å². The number of alkyl halides is 3. The van der Waals surface area contributed by atoms with Crippen molar-refractivity contribution in [3.63, 3.8) is 0 Å². The summed E-state index contributed by atoms with van der Waals surface area (Å²) in [6.07, 6.45) is -4.53. The number of H-pyrrole nitrogens is 1. The number of ether oxygens (including phenoxy) is 1. The number of hydrogen-bond donors (Lipinski definition) is 1. The molecule has 0 radical (unpaired) electrons. The first-order chi connectivity index (χ1) is 5.46. The van der Waals surface area contributed by atoms with Gasteiger partial charge in [0.15, 0.2) is 5.69 Å². The topological polar surface area (TPSA) is 37.9 Å². The lowest BCUT2D eigenvalue weighted by Crippen LogP contribution is -2.05. The van der Waals surface area contributed by atoms with Crippen LogP contribution in [0.1, 0.15) is 5.69 Å². The van der Waals surface area contributed by atoms with Gasteiger partial charge in [-0.05, 0) is 0 Å². The van der Waals surface area contributed by atoms with Crippen molar-refractivity contribution in [1.29, 1.82) is 0 Å². The Labute approximate surface area is 70.5 Å². The third-order valence-corrected chi connectivity index (χ3v) is 1.50. The maximum atomic E-state index is 12.0. The van der Waals surface area contributed by atoms with E-state index in [1.54, 1.807) is 5.10 Å². The predicted octanol–water partition coefficient (Wildman–Crippen LogP) is 2.09. The van der Waals surface area contributed by atoms with Crippen LogP contribution < -0.4 is 4.74 Å². The van der Waals surface area contributed by atoms with Crippen molar-refractivity contribution in [3.8, 4) is 5.88 Å². The van der Waals surface area contributed by atoms with Gasteiger partial charge in [0.1, 0.15) is 5.02 Å². The minimum atomic E-state index is -4.53. The molecular weight excluding hydrogens is 197 g/mol. The van der Waals surface area contributed by atoms with Crippen molar-refractivity contribution in [2.45, 2.75) is 6.18 Å². The Hall–Kier alpha value is -0.910. The van der Waals surface area contributed by atoms with E-state index in [0.29, 0.717) is 0 Å². The molecule has 12 heavy (non-hydrogen) atoms. The lowest BCUT2D eigenvalue weighted by Gasteiger charge is -2.01. The molecule has 0 aliphatic heterocycles. The third kappa shape index (κ3) is 1.47. The van der Waals surface area contributed by atoms with Crippen LogP contribution >= 0.6 is 11.6 Å². The second-order valence-electron chi connectivity index (χ2n) is 1.92. The summed E-state index contributed by atoms with van der Waals surface area (Å²) in [5, 5.41) is 4.38. The van der Waals surface area contributed by atoms with Crippen LogP contribution in [-0.4, -0.2) is 17.3 Å². The molecule has 1 heterocycles. The molecule has 0 bridgehead atoms. The quantitative estimate of drug-likeness (QED) is 0.754. The molecule has 68 valence electrons. The van der Waals surface area contributed by atoms with Gasteiger partial charge in [-0.2, -0.15) is 13.2 Å². The monoisotopic (exact) mass is 200 g/mol. The summed E-state index contributed by atoms with van der Waals surface area (Å²) in [4.78, 5) is 0. The average molecular weight is 201 g/mol. The summed E-state index contributed by atoms with van der Waals surface area (Å²) >= 11 is 5.27. The first kappa shape index (κ1) is 9.18. The van der Waals surface area contributed by atoms with E-state index in [1.807, 2.05) is 0 Å². The fraction of sp³-hybridized carbons (Fsp3) is 0.400. The summed E-state index contributed by atoms with van der Waals surface area (Å²) in [5.74, 6) is -0.260. The first-order valence-corrected chi connectivity index (χ1v) is 3.19. The standard InChI is InChI=1S/C5H4ClF3N2O/c1-12-4-2(6)3(10-11-4)5(7,8)9/h1H3,(H,10,11). The van der Waals surface area contributed by atoms with E-state index in [9.17, 15) is 13.2 Å². The first-order valence-electron chi connectivity index (χ1n) is 2.82. The fourth-order valence-corrected chi connectivity index (χ4v) is 0.904. The summed E-state index contributed by atoms with van der Waals surface area (Å²) in [6.45, 7) is 0. The van der Waals surface area contributed by atoms with Crippen LogP contribution in [-0.2, 0) is 6.18 Å². The Bertz CT molecular complexity index is 283. The lowest BCUT2D eigenvalue weighted by atomic mass is 10.4. The number of aromatic amines is 1. The molecule has 0 fully saturated rings. The average Bonchev–Trinajstić information content (AvgIpc) is 2.29. The Balaban J connectivity index is 3.11. The number of halogens is 4. The molecule has 0 amide bonds. The van der Waals surface area contributed by atoms with Gasteiger partial charge < -0.3 is 4.74 Å². The molecule has 0 aromatic carbocycles. The number of nitrogens with zero attached hydrogens (tertiary/aromatic N) is 1. The number of aromatic nitrogens is 2. The summed E-state index contributed by atoms with van der Waals surface area (Å²) in [5.41, 5.74) is -1.10. The summed E-state index contributed by atoms with van der Waals surface area (Å²) < 4.78 is 40.4. The molecule has 3 nitrogen and oxygen atoms in total. The fourth-order valence-electron chi connectivity index (χ4n) is 0.635. The van der Waals surface area contributed by atoms with Gasteiger partial charge in [0.2, 0.25) is 0 Å². The zero-order chi connectivity index (χ0) is 9.35. The Morgan fingerprint density at radius 2 is 2.08 bits per heavy atom. The maximum Gasteiger partial charge on any atom is 0.434 e. The van der Waals surface area contributed by atoms with E-state index in [2.05, 4.69) is 9.84 Å². The van der Waals surface area contributed by atoms with Gasteiger partial charge in [-0.15, -0.1) is 5.10 Å². The number of nitrogens with one attached hydrogen (secondary N) is 1. The van der Waals surface area contributed by atoms with Crippen molar-refractivity contribution in [1.82, 2.24) is 10.2 Å². The van der Waals surface area contributed by atoms with Crippen LogP contribution in [0.2, 0.25) is 5.02 Å². The molecule has 0 aliphatic carbocycles. The molecule has 0 saturated heterocycles. The highest BCUT2D eigenvalue weighted by Crippen LogP contribution is 2.36. The maximum absolute atomic E-state index is 12.0. The van der Waals surface area contributed by atoms with Crippen molar-refractivity contribution < 1.29 is 17.9 Å². The number of rotatable bonds is 1. The molecule has 0 aliphatic rings. The minimum absolute atomic E-state index is 0.260. The van der Waals surface area contributed by atoms with E-state index >= 15 is 0 Å². The normalized spacial score (nSPS) is 11.8. The molecule has 7 heteroatoms. The van der Waals surface area contributed by atoms with Gasteiger partial charge in [-0.1, -0.05) is 11.6 Å². The van der Waals surface area contributed by atoms with E-state index < -0.39 is 16.9 Å². The van der Waals surface area contributed by atoms with E-state index in [1.165, 1.54) is 7.11 Å². The van der Waals surface area contributed by atoms with E-state index in [-0.39, 0.29) is 5.88 Å². The van der Waals surface area contributed by atoms with Crippen LogP contribution in [0.15, 0.2) is 0 Å². The van der Waals surface area contributed by atoms with Gasteiger partial charge in [0, 0.05) is 0 Å². The van der Waals surface area contributed by atoms with Gasteiger partial charge in [-0.25, -0.2) is 0 Å². The van der Waals surface area contributed by atoms with E-state index in [0.717, 1.165) is 0 Å². The molecule has 1 N–H and O–H groups in total. The highest BCUT2D eigenvalue weighted by atomic mass is 35.5. The SMILES string of the molecule is COc1n[nH]c(C(F)(F)F)c1Cl. The third-order valence-electron chi connectivity index (χ3n) is 1.15. The molecule has 0 saturated carbocycles. The minimum Gasteiger partial charge on any atom is -0.479 e. The molecule has 0 atom stereocenters. The van der Waals surface area contributed by atoms with E-state index in [4.69, 9.17) is 11.6 Å². The zero-order valence-corrected chi connectivity index (χ0v) is 6.62. The highest BCUT2D eigenvalue weighted by Gasteiger charge is 2.37. The molecular formula is C5H4ClF3N2O. The van der Waals surface area contributed by atoms with Crippen LogP contribution in [0.5, 0.6) is 5.88 Å². The molecule has 1 aromatic rings. The van der Waals surface area contributed by atoms with Gasteiger partial charge in [0.05, 0.1) is 7.11 Å². The number of methoxy groups -OCH3 is 1. The molecule has 0 unspecified atom stereocenters. The second-order valence-corrected chi connectivity index (χ2v) is 2.30. The summed E-state index contributed by atoms with van der Waals surface area (Å²) in [7, 11) is 1.18. The van der Waals surface area contributed by atoms with Crippen molar-refractivity contribution >= 4 is 11.6 Å². The van der Waals surface area contributed by atoms with Crippen LogP contribution in [0, 0.1) is 0 Å². The van der Waals surface area contributed by atoms with Gasteiger partial charge in [0.25, 0.3) is 5.88 Å². The number of hydrogen-bond acceptors (Lipinski definition) is 2. The summed E-state index contributed by atoms with van der Waals surface area (Å²) in [6, 6.07) is 0. The Kier molecular flexibility index (Phi) is 2.18. The predicted molar refractivity (Wildman–Crippen MR) is 35.2 cm³/mol. The van der Waals surface area contributed by atoms with Crippen LogP contribution in [0.25, 0.3) is 0 Å². The van der Waals surface area contributed by atoms with Crippen molar-refractivity contribution in [2.24, 2.45) is 0 Å². The molecule has 0 spiro atoms. The van der Waals surface area contributed by atoms with Gasteiger partial charge >= 0.3 is 6.18 Å². The lowest BCUT2D eigenvalue weighted by molar-refractivity contribution is -0.141.